The monoisotopic (exact) mass is 277 g/mol. The maximum atomic E-state index is 11.7. The van der Waals surface area contributed by atoms with Crippen molar-refractivity contribution >= 4 is 11.9 Å². The Morgan fingerprint density at radius 3 is 2.25 bits per heavy atom. The van der Waals surface area contributed by atoms with Gasteiger partial charge in [0.1, 0.15) is 0 Å². The summed E-state index contributed by atoms with van der Waals surface area (Å²) in [5.74, 6) is -0.895. The lowest BCUT2D eigenvalue weighted by atomic mass is 9.92. The second-order valence-corrected chi connectivity index (χ2v) is 6.16. The standard InChI is InChI=1S/C16H23NO3/c1-16(2,3)10-11-17-14(18)9-6-12-4-7-13(8-5-12)15(19)20/h4-5,7-8H,6,9-11H2,1-3H3,(H,17,18)(H,19,20). The number of amides is 1. The summed E-state index contributed by atoms with van der Waals surface area (Å²) in [6.07, 6.45) is 2.00. The highest BCUT2D eigenvalue weighted by molar-refractivity contribution is 5.87. The number of nitrogens with one attached hydrogen (secondary N) is 1. The van der Waals surface area contributed by atoms with Crippen LogP contribution in [-0.4, -0.2) is 23.5 Å². The van der Waals surface area contributed by atoms with Crippen LogP contribution in [0.5, 0.6) is 0 Å². The average molecular weight is 277 g/mol. The van der Waals surface area contributed by atoms with E-state index in [0.29, 0.717) is 19.4 Å². The molecule has 0 fully saturated rings. The van der Waals surface area contributed by atoms with E-state index in [2.05, 4.69) is 26.1 Å². The Kier molecular flexibility index (Phi) is 5.74. The van der Waals surface area contributed by atoms with E-state index in [4.69, 9.17) is 5.11 Å². The second kappa shape index (κ2) is 7.08. The number of hydrogen-bond donors (Lipinski definition) is 2. The Labute approximate surface area is 120 Å². The van der Waals surface area contributed by atoms with Crippen molar-refractivity contribution in [1.29, 1.82) is 0 Å². The van der Waals surface area contributed by atoms with Gasteiger partial charge in [-0.15, -0.1) is 0 Å². The molecule has 0 aliphatic carbocycles. The fraction of sp³-hybridized carbons (Fsp3) is 0.500. The highest BCUT2D eigenvalue weighted by atomic mass is 16.4. The van der Waals surface area contributed by atoms with Gasteiger partial charge in [0.05, 0.1) is 5.56 Å². The third kappa shape index (κ3) is 6.36. The van der Waals surface area contributed by atoms with E-state index in [1.165, 1.54) is 0 Å². The minimum atomic E-state index is -0.934. The third-order valence-corrected chi connectivity index (χ3v) is 3.04. The number of carboxylic acids is 1. The molecule has 110 valence electrons. The largest absolute Gasteiger partial charge is 0.478 e. The van der Waals surface area contributed by atoms with Crippen molar-refractivity contribution in [2.75, 3.05) is 6.54 Å². The summed E-state index contributed by atoms with van der Waals surface area (Å²) in [7, 11) is 0. The van der Waals surface area contributed by atoms with Crippen molar-refractivity contribution in [3.8, 4) is 0 Å². The first-order valence-electron chi connectivity index (χ1n) is 6.87. The molecule has 4 nitrogen and oxygen atoms in total. The second-order valence-electron chi connectivity index (χ2n) is 6.16. The van der Waals surface area contributed by atoms with E-state index >= 15 is 0 Å². The first-order chi connectivity index (χ1) is 9.28. The van der Waals surface area contributed by atoms with E-state index in [0.717, 1.165) is 12.0 Å². The van der Waals surface area contributed by atoms with Gasteiger partial charge < -0.3 is 10.4 Å². The third-order valence-electron chi connectivity index (χ3n) is 3.04. The van der Waals surface area contributed by atoms with Gasteiger partial charge >= 0.3 is 5.97 Å². The van der Waals surface area contributed by atoms with E-state index in [-0.39, 0.29) is 16.9 Å². The van der Waals surface area contributed by atoms with Crippen molar-refractivity contribution in [2.45, 2.75) is 40.0 Å². The molecule has 0 heterocycles. The van der Waals surface area contributed by atoms with Crippen molar-refractivity contribution in [3.63, 3.8) is 0 Å². The Morgan fingerprint density at radius 2 is 1.75 bits per heavy atom. The Bertz CT molecular complexity index is 458. The predicted octanol–water partition coefficient (Wildman–Crippen LogP) is 2.87. The number of carboxylic acid groups (broad SMARTS) is 1. The van der Waals surface area contributed by atoms with Gasteiger partial charge in [0.15, 0.2) is 0 Å². The van der Waals surface area contributed by atoms with Crippen LogP contribution in [0.4, 0.5) is 0 Å². The topological polar surface area (TPSA) is 66.4 Å². The lowest BCUT2D eigenvalue weighted by molar-refractivity contribution is -0.121. The van der Waals surface area contributed by atoms with Crippen LogP contribution in [0.15, 0.2) is 24.3 Å². The molecule has 4 heteroatoms. The maximum Gasteiger partial charge on any atom is 0.335 e. The molecular weight excluding hydrogens is 254 g/mol. The maximum absolute atomic E-state index is 11.7. The molecule has 0 atom stereocenters. The number of aromatic carboxylic acids is 1. The number of carbonyl (C=O) groups is 2. The molecule has 0 aliphatic heterocycles. The molecule has 0 bridgehead atoms. The van der Waals surface area contributed by atoms with Gasteiger partial charge in [0.2, 0.25) is 5.91 Å². The SMILES string of the molecule is CC(C)(C)CCNC(=O)CCc1ccc(C(=O)O)cc1. The van der Waals surface area contributed by atoms with Crippen LogP contribution in [0.2, 0.25) is 0 Å². The smallest absolute Gasteiger partial charge is 0.335 e. The number of hydrogen-bond acceptors (Lipinski definition) is 2. The van der Waals surface area contributed by atoms with Gasteiger partial charge in [0, 0.05) is 13.0 Å². The fourth-order valence-electron chi connectivity index (χ4n) is 1.74. The Morgan fingerprint density at radius 1 is 1.15 bits per heavy atom. The van der Waals surface area contributed by atoms with Gasteiger partial charge in [-0.2, -0.15) is 0 Å². The van der Waals surface area contributed by atoms with Gasteiger partial charge in [-0.25, -0.2) is 4.79 Å². The molecule has 1 aromatic rings. The van der Waals surface area contributed by atoms with Gasteiger partial charge in [-0.05, 0) is 36.0 Å². The lowest BCUT2D eigenvalue weighted by Gasteiger charge is -2.17. The van der Waals surface area contributed by atoms with Crippen LogP contribution in [0.1, 0.15) is 49.5 Å². The highest BCUT2D eigenvalue weighted by Gasteiger charge is 2.10. The normalized spacial score (nSPS) is 11.2. The van der Waals surface area contributed by atoms with Gasteiger partial charge in [-0.3, -0.25) is 4.79 Å². The van der Waals surface area contributed by atoms with Crippen LogP contribution < -0.4 is 5.32 Å². The van der Waals surface area contributed by atoms with Gasteiger partial charge in [0.25, 0.3) is 0 Å². The molecule has 0 aliphatic rings. The van der Waals surface area contributed by atoms with E-state index in [1.807, 2.05) is 0 Å². The number of benzene rings is 1. The fourth-order valence-corrected chi connectivity index (χ4v) is 1.74. The average Bonchev–Trinajstić information content (AvgIpc) is 2.35. The Hall–Kier alpha value is -1.84. The molecule has 0 saturated carbocycles. The Balaban J connectivity index is 2.32. The summed E-state index contributed by atoms with van der Waals surface area (Å²) in [5, 5.41) is 11.7. The minimum absolute atomic E-state index is 0.0385. The van der Waals surface area contributed by atoms with Crippen LogP contribution in [-0.2, 0) is 11.2 Å². The number of aryl methyl sites for hydroxylation is 1. The van der Waals surface area contributed by atoms with Crippen molar-refractivity contribution < 1.29 is 14.7 Å². The van der Waals surface area contributed by atoms with Crippen molar-refractivity contribution in [2.24, 2.45) is 5.41 Å². The molecule has 0 aromatic heterocycles. The van der Waals surface area contributed by atoms with Crippen molar-refractivity contribution in [3.05, 3.63) is 35.4 Å². The molecule has 0 spiro atoms. The molecular formula is C16H23NO3. The molecule has 1 rings (SSSR count). The summed E-state index contributed by atoms with van der Waals surface area (Å²) in [5.41, 5.74) is 1.46. The minimum Gasteiger partial charge on any atom is -0.478 e. The summed E-state index contributed by atoms with van der Waals surface area (Å²) in [4.78, 5) is 22.4. The highest BCUT2D eigenvalue weighted by Crippen LogP contribution is 2.17. The number of carbonyl (C=O) groups excluding carboxylic acids is 1. The van der Waals surface area contributed by atoms with E-state index in [1.54, 1.807) is 24.3 Å². The molecule has 1 amide bonds. The summed E-state index contributed by atoms with van der Waals surface area (Å²) >= 11 is 0. The zero-order valence-electron chi connectivity index (χ0n) is 12.4. The zero-order valence-corrected chi connectivity index (χ0v) is 12.4. The van der Waals surface area contributed by atoms with Crippen molar-refractivity contribution in [1.82, 2.24) is 5.32 Å². The first kappa shape index (κ1) is 16.2. The van der Waals surface area contributed by atoms with Crippen LogP contribution in [0.3, 0.4) is 0 Å². The number of rotatable bonds is 6. The zero-order chi connectivity index (χ0) is 15.2. The lowest BCUT2D eigenvalue weighted by Crippen LogP contribution is -2.27. The summed E-state index contributed by atoms with van der Waals surface area (Å²) in [6, 6.07) is 6.64. The van der Waals surface area contributed by atoms with Crippen LogP contribution in [0.25, 0.3) is 0 Å². The van der Waals surface area contributed by atoms with Crippen LogP contribution >= 0.6 is 0 Å². The summed E-state index contributed by atoms with van der Waals surface area (Å²) in [6.45, 7) is 7.12. The molecule has 0 radical (unpaired) electrons. The molecule has 2 N–H and O–H groups in total. The van der Waals surface area contributed by atoms with Gasteiger partial charge in [-0.1, -0.05) is 32.9 Å². The molecule has 20 heavy (non-hydrogen) atoms. The molecule has 0 unspecified atom stereocenters. The quantitative estimate of drug-likeness (QED) is 0.840. The van der Waals surface area contributed by atoms with Crippen LogP contribution in [0, 0.1) is 5.41 Å². The summed E-state index contributed by atoms with van der Waals surface area (Å²) < 4.78 is 0. The van der Waals surface area contributed by atoms with E-state index < -0.39 is 5.97 Å². The first-order valence-corrected chi connectivity index (χ1v) is 6.87. The predicted molar refractivity (Wildman–Crippen MR) is 78.8 cm³/mol. The molecule has 1 aromatic carbocycles. The molecule has 0 saturated heterocycles. The van der Waals surface area contributed by atoms with E-state index in [9.17, 15) is 9.59 Å².